The van der Waals surface area contributed by atoms with Crippen molar-refractivity contribution in [2.45, 2.75) is 47.1 Å². The van der Waals surface area contributed by atoms with Gasteiger partial charge in [0.05, 0.1) is 42.7 Å². The molecule has 160 valence electrons. The largest absolute Gasteiger partial charge is 0.466 e. The van der Waals surface area contributed by atoms with Crippen LogP contribution in [-0.2, 0) is 36.8 Å². The number of amides is 1. The van der Waals surface area contributed by atoms with Gasteiger partial charge in [-0.05, 0) is 26.2 Å². The van der Waals surface area contributed by atoms with Crippen LogP contribution in [0.3, 0.4) is 0 Å². The van der Waals surface area contributed by atoms with Gasteiger partial charge in [0.2, 0.25) is 5.91 Å². The van der Waals surface area contributed by atoms with Crippen molar-refractivity contribution in [3.8, 4) is 0 Å². The predicted octanol–water partition coefficient (Wildman–Crippen LogP) is 2.22. The van der Waals surface area contributed by atoms with Crippen LogP contribution in [-0.4, -0.2) is 58.5 Å². The summed E-state index contributed by atoms with van der Waals surface area (Å²) in [6.45, 7) is 9.52. The van der Waals surface area contributed by atoms with Crippen molar-refractivity contribution < 1.29 is 23.9 Å². The lowest BCUT2D eigenvalue weighted by atomic mass is 10.1. The van der Waals surface area contributed by atoms with Crippen LogP contribution in [0.5, 0.6) is 0 Å². The van der Waals surface area contributed by atoms with Gasteiger partial charge in [-0.1, -0.05) is 25.6 Å². The second kappa shape index (κ2) is 10.5. The van der Waals surface area contributed by atoms with Crippen LogP contribution < -0.4 is 0 Å². The fraction of sp³-hybridized carbons (Fsp3) is 0.600. The van der Waals surface area contributed by atoms with E-state index in [0.717, 1.165) is 23.5 Å². The number of aromatic nitrogens is 2. The molecule has 8 nitrogen and oxygen atoms in total. The van der Waals surface area contributed by atoms with Gasteiger partial charge in [-0.15, -0.1) is 0 Å². The van der Waals surface area contributed by atoms with Crippen LogP contribution in [0, 0.1) is 19.8 Å². The SMILES string of the molecule is COC(=O)/C=C1/SCC(=O)N1CCCOC(=O)Cc1c(C)nn(CC(C)C)c1C. The number of rotatable bonds is 9. The van der Waals surface area contributed by atoms with Crippen molar-refractivity contribution in [2.75, 3.05) is 26.0 Å². The molecule has 0 aliphatic carbocycles. The molecule has 0 bridgehead atoms. The van der Waals surface area contributed by atoms with Gasteiger partial charge >= 0.3 is 11.9 Å². The van der Waals surface area contributed by atoms with E-state index in [9.17, 15) is 14.4 Å². The first kappa shape index (κ1) is 23.0. The van der Waals surface area contributed by atoms with Crippen LogP contribution in [0.1, 0.15) is 37.2 Å². The van der Waals surface area contributed by atoms with E-state index in [0.29, 0.717) is 29.7 Å². The third kappa shape index (κ3) is 6.35. The summed E-state index contributed by atoms with van der Waals surface area (Å²) in [5, 5.41) is 5.08. The number of carbonyl (C=O) groups is 3. The molecule has 0 radical (unpaired) electrons. The van der Waals surface area contributed by atoms with Gasteiger partial charge in [-0.25, -0.2) is 4.79 Å². The van der Waals surface area contributed by atoms with E-state index in [1.807, 2.05) is 18.5 Å². The zero-order valence-electron chi connectivity index (χ0n) is 17.7. The summed E-state index contributed by atoms with van der Waals surface area (Å²) in [6.07, 6.45) is 1.98. The summed E-state index contributed by atoms with van der Waals surface area (Å²) in [6, 6.07) is 0. The molecule has 1 aromatic rings. The van der Waals surface area contributed by atoms with E-state index in [2.05, 4.69) is 23.7 Å². The van der Waals surface area contributed by atoms with Crippen LogP contribution in [0.15, 0.2) is 11.1 Å². The van der Waals surface area contributed by atoms with Crippen molar-refractivity contribution in [3.63, 3.8) is 0 Å². The summed E-state index contributed by atoms with van der Waals surface area (Å²) < 4.78 is 11.9. The summed E-state index contributed by atoms with van der Waals surface area (Å²) in [5.74, 6) is -0.116. The molecule has 0 atom stereocenters. The second-order valence-corrected chi connectivity index (χ2v) is 8.31. The lowest BCUT2D eigenvalue weighted by Crippen LogP contribution is -2.27. The van der Waals surface area contributed by atoms with Crippen molar-refractivity contribution >= 4 is 29.6 Å². The average Bonchev–Trinajstić information content (AvgIpc) is 3.12. The number of aryl methyl sites for hydroxylation is 1. The van der Waals surface area contributed by atoms with E-state index < -0.39 is 5.97 Å². The normalized spacial score (nSPS) is 15.4. The summed E-state index contributed by atoms with van der Waals surface area (Å²) in [7, 11) is 1.29. The summed E-state index contributed by atoms with van der Waals surface area (Å²) in [5.41, 5.74) is 2.74. The maximum absolute atomic E-state index is 12.2. The van der Waals surface area contributed by atoms with Crippen molar-refractivity contribution in [2.24, 2.45) is 5.92 Å². The molecule has 1 aromatic heterocycles. The summed E-state index contributed by atoms with van der Waals surface area (Å²) >= 11 is 1.30. The van der Waals surface area contributed by atoms with Gasteiger partial charge in [-0.3, -0.25) is 14.3 Å². The Kier molecular flexibility index (Phi) is 8.31. The molecule has 0 N–H and O–H groups in total. The Morgan fingerprint density at radius 2 is 2.03 bits per heavy atom. The van der Waals surface area contributed by atoms with E-state index in [1.165, 1.54) is 29.8 Å². The van der Waals surface area contributed by atoms with E-state index in [4.69, 9.17) is 4.74 Å². The van der Waals surface area contributed by atoms with Gasteiger partial charge in [0.1, 0.15) is 0 Å². The van der Waals surface area contributed by atoms with Crippen LogP contribution in [0.2, 0.25) is 0 Å². The Hall–Kier alpha value is -2.29. The zero-order valence-corrected chi connectivity index (χ0v) is 18.5. The lowest BCUT2D eigenvalue weighted by Gasteiger charge is -2.16. The maximum atomic E-state index is 12.2. The number of nitrogens with zero attached hydrogens (tertiary/aromatic N) is 3. The molecule has 0 aromatic carbocycles. The highest BCUT2D eigenvalue weighted by atomic mass is 32.2. The molecule has 2 rings (SSSR count). The number of thioether (sulfide) groups is 1. The third-order valence-electron chi connectivity index (χ3n) is 4.53. The van der Waals surface area contributed by atoms with Crippen LogP contribution >= 0.6 is 11.8 Å². The predicted molar refractivity (Wildman–Crippen MR) is 110 cm³/mol. The molecule has 1 aliphatic rings. The van der Waals surface area contributed by atoms with Crippen LogP contribution in [0.25, 0.3) is 0 Å². The van der Waals surface area contributed by atoms with E-state index >= 15 is 0 Å². The molecule has 1 aliphatic heterocycles. The third-order valence-corrected chi connectivity index (χ3v) is 5.56. The minimum absolute atomic E-state index is 0.0692. The minimum atomic E-state index is -0.498. The molecule has 1 amide bonds. The molecule has 9 heteroatoms. The van der Waals surface area contributed by atoms with Crippen LogP contribution in [0.4, 0.5) is 0 Å². The Balaban J connectivity index is 1.83. The maximum Gasteiger partial charge on any atom is 0.333 e. The highest BCUT2D eigenvalue weighted by Crippen LogP contribution is 2.28. The summed E-state index contributed by atoms with van der Waals surface area (Å²) in [4.78, 5) is 37.1. The number of hydrogen-bond acceptors (Lipinski definition) is 7. The highest BCUT2D eigenvalue weighted by Gasteiger charge is 2.27. The first-order valence-corrected chi connectivity index (χ1v) is 10.6. The smallest absolute Gasteiger partial charge is 0.333 e. The van der Waals surface area contributed by atoms with E-state index in [1.54, 1.807) is 0 Å². The monoisotopic (exact) mass is 423 g/mol. The Bertz CT molecular complexity index is 800. The quantitative estimate of drug-likeness (QED) is 0.342. The van der Waals surface area contributed by atoms with Gasteiger partial charge in [-0.2, -0.15) is 5.10 Å². The lowest BCUT2D eigenvalue weighted by molar-refractivity contribution is -0.143. The number of hydrogen-bond donors (Lipinski definition) is 0. The van der Waals surface area contributed by atoms with E-state index in [-0.39, 0.29) is 24.9 Å². The zero-order chi connectivity index (χ0) is 21.6. The second-order valence-electron chi connectivity index (χ2n) is 7.32. The molecule has 1 fully saturated rings. The number of ether oxygens (including phenoxy) is 2. The van der Waals surface area contributed by atoms with Gasteiger partial charge < -0.3 is 14.4 Å². The molecule has 29 heavy (non-hydrogen) atoms. The standard InChI is InChI=1S/C20H29N3O5S/c1-13(2)11-23-15(4)16(14(3)21-23)9-20(26)28-8-6-7-22-17(24)12-29-18(22)10-19(25)27-5/h10,13H,6-9,11-12H2,1-5H3/b18-10+. The van der Waals surface area contributed by atoms with Gasteiger partial charge in [0, 0.05) is 24.3 Å². The molecule has 1 saturated heterocycles. The topological polar surface area (TPSA) is 90.7 Å². The molecule has 0 unspecified atom stereocenters. The average molecular weight is 424 g/mol. The number of methoxy groups -OCH3 is 1. The highest BCUT2D eigenvalue weighted by molar-refractivity contribution is 8.04. The fourth-order valence-electron chi connectivity index (χ4n) is 3.05. The Morgan fingerprint density at radius 3 is 2.69 bits per heavy atom. The molecular weight excluding hydrogens is 394 g/mol. The Morgan fingerprint density at radius 1 is 1.31 bits per heavy atom. The first-order chi connectivity index (χ1) is 13.7. The number of esters is 2. The molecular formula is C20H29N3O5S. The molecule has 0 spiro atoms. The minimum Gasteiger partial charge on any atom is -0.466 e. The molecule has 2 heterocycles. The van der Waals surface area contributed by atoms with Gasteiger partial charge in [0.15, 0.2) is 0 Å². The Labute approximate surface area is 175 Å². The number of carbonyl (C=O) groups excluding carboxylic acids is 3. The molecule has 0 saturated carbocycles. The van der Waals surface area contributed by atoms with Gasteiger partial charge in [0.25, 0.3) is 0 Å². The first-order valence-electron chi connectivity index (χ1n) is 9.64. The van der Waals surface area contributed by atoms with Crippen molar-refractivity contribution in [1.29, 1.82) is 0 Å². The fourth-order valence-corrected chi connectivity index (χ4v) is 4.00. The van der Waals surface area contributed by atoms with Crippen molar-refractivity contribution in [3.05, 3.63) is 28.1 Å². The van der Waals surface area contributed by atoms with Crippen molar-refractivity contribution in [1.82, 2.24) is 14.7 Å².